The predicted octanol–water partition coefficient (Wildman–Crippen LogP) is 6.68. The average molecular weight is 525 g/mol. The lowest BCUT2D eigenvalue weighted by atomic mass is 9.89. The van der Waals surface area contributed by atoms with Crippen LogP contribution in [0.1, 0.15) is 63.5 Å². The number of hydrogen-bond donors (Lipinski definition) is 1. The van der Waals surface area contributed by atoms with Gasteiger partial charge in [-0.3, -0.25) is 14.2 Å². The summed E-state index contributed by atoms with van der Waals surface area (Å²) in [7, 11) is -0.886. The van der Waals surface area contributed by atoms with Crippen LogP contribution in [-0.4, -0.2) is 47.7 Å². The van der Waals surface area contributed by atoms with Crippen molar-refractivity contribution in [1.29, 1.82) is 0 Å². The summed E-state index contributed by atoms with van der Waals surface area (Å²) in [6.45, 7) is 6.15. The number of pyridine rings is 1. The minimum Gasteiger partial charge on any atom is -0.295 e. The Hall–Kier alpha value is -2.83. The second-order valence-corrected chi connectivity index (χ2v) is 13.6. The molecule has 0 radical (unpaired) electrons. The van der Waals surface area contributed by atoms with Gasteiger partial charge in [-0.15, -0.1) is 0 Å². The van der Waals surface area contributed by atoms with E-state index in [4.69, 9.17) is 4.98 Å². The van der Waals surface area contributed by atoms with Crippen LogP contribution in [-0.2, 0) is 23.6 Å². The highest BCUT2D eigenvalue weighted by atomic mass is 32.2. The van der Waals surface area contributed by atoms with E-state index >= 15 is 0 Å². The minimum atomic E-state index is -0.886. The molecule has 1 saturated carbocycles. The third-order valence-electron chi connectivity index (χ3n) is 9.26. The Kier molecular flexibility index (Phi) is 6.01. The van der Waals surface area contributed by atoms with Crippen LogP contribution in [0.5, 0.6) is 0 Å². The molecule has 4 aromatic rings. The van der Waals surface area contributed by atoms with E-state index in [9.17, 15) is 4.21 Å². The SMILES string of the molecule is CC1CCCN1C1(C)CCc2ccc(-c3cnc4n[nH]c(-c5ccc(S(=O)C6CC6)cc5)c4c3)cc2CC1. The fourth-order valence-corrected chi connectivity index (χ4v) is 8.10. The van der Waals surface area contributed by atoms with Gasteiger partial charge in [-0.25, -0.2) is 4.98 Å². The molecule has 0 bridgehead atoms. The molecule has 38 heavy (non-hydrogen) atoms. The number of benzene rings is 2. The van der Waals surface area contributed by atoms with E-state index in [2.05, 4.69) is 65.3 Å². The molecular formula is C32H36N4OS. The van der Waals surface area contributed by atoms with Gasteiger partial charge in [-0.1, -0.05) is 30.3 Å². The zero-order chi connectivity index (χ0) is 25.9. The van der Waals surface area contributed by atoms with Crippen molar-refractivity contribution in [2.75, 3.05) is 6.54 Å². The van der Waals surface area contributed by atoms with Crippen LogP contribution in [0.15, 0.2) is 59.6 Å². The molecule has 1 aliphatic heterocycles. The van der Waals surface area contributed by atoms with Crippen LogP contribution < -0.4 is 0 Å². The molecule has 3 unspecified atom stereocenters. The van der Waals surface area contributed by atoms with E-state index in [-0.39, 0.29) is 0 Å². The average Bonchev–Trinajstić information content (AvgIpc) is 3.61. The number of likely N-dealkylation sites (tertiary alicyclic amines) is 1. The van der Waals surface area contributed by atoms with Gasteiger partial charge in [0.1, 0.15) is 0 Å². The van der Waals surface area contributed by atoms with Crippen molar-refractivity contribution in [3.63, 3.8) is 0 Å². The zero-order valence-corrected chi connectivity index (χ0v) is 23.2. The molecule has 3 aliphatic rings. The fourth-order valence-electron chi connectivity index (χ4n) is 6.75. The van der Waals surface area contributed by atoms with Gasteiger partial charge in [0.25, 0.3) is 0 Å². The van der Waals surface area contributed by atoms with Crippen LogP contribution >= 0.6 is 0 Å². The largest absolute Gasteiger partial charge is 0.295 e. The first kappa shape index (κ1) is 24.2. The standard InChI is InChI=1S/C32H36N4OS/c1-21-4-3-17-36(21)32(2)15-13-22-5-6-24(18-25(22)14-16-32)26-19-29-30(34-35-31(29)33-20-26)23-7-9-27(10-8-23)38(37)28-11-12-28/h5-10,18-21,28H,3-4,11-17H2,1-2H3,(H,33,34,35). The highest BCUT2D eigenvalue weighted by Gasteiger charge is 2.38. The maximum absolute atomic E-state index is 12.5. The molecule has 196 valence electrons. The van der Waals surface area contributed by atoms with Crippen LogP contribution in [0.25, 0.3) is 33.4 Å². The molecule has 7 rings (SSSR count). The van der Waals surface area contributed by atoms with Gasteiger partial charge in [-0.2, -0.15) is 5.10 Å². The molecule has 0 spiro atoms. The lowest BCUT2D eigenvalue weighted by Crippen LogP contribution is -2.48. The van der Waals surface area contributed by atoms with E-state index in [1.807, 2.05) is 18.3 Å². The number of aryl methyl sites for hydroxylation is 2. The highest BCUT2D eigenvalue weighted by Crippen LogP contribution is 2.38. The molecule has 2 aromatic heterocycles. The molecule has 2 fully saturated rings. The number of aromatic amines is 1. The summed E-state index contributed by atoms with van der Waals surface area (Å²) in [4.78, 5) is 8.40. The van der Waals surface area contributed by atoms with E-state index in [0.717, 1.165) is 58.4 Å². The number of aromatic nitrogens is 3. The monoisotopic (exact) mass is 524 g/mol. The topological polar surface area (TPSA) is 61.9 Å². The summed E-state index contributed by atoms with van der Waals surface area (Å²) < 4.78 is 12.5. The number of nitrogens with one attached hydrogen (secondary N) is 1. The summed E-state index contributed by atoms with van der Waals surface area (Å²) >= 11 is 0. The summed E-state index contributed by atoms with van der Waals surface area (Å²) in [5.41, 5.74) is 8.36. The van der Waals surface area contributed by atoms with Crippen LogP contribution in [0.4, 0.5) is 0 Å². The zero-order valence-electron chi connectivity index (χ0n) is 22.4. The van der Waals surface area contributed by atoms with Crippen molar-refractivity contribution in [2.45, 2.75) is 86.9 Å². The minimum absolute atomic E-state index is 0.294. The van der Waals surface area contributed by atoms with E-state index in [1.165, 1.54) is 48.9 Å². The lowest BCUT2D eigenvalue weighted by Gasteiger charge is -2.41. The normalized spacial score (nSPS) is 24.8. The quantitative estimate of drug-likeness (QED) is 0.296. The van der Waals surface area contributed by atoms with Crippen molar-refractivity contribution in [3.8, 4) is 22.4 Å². The van der Waals surface area contributed by atoms with Gasteiger partial charge in [0.2, 0.25) is 0 Å². The molecule has 2 aromatic carbocycles. The Morgan fingerprint density at radius 2 is 1.71 bits per heavy atom. The Labute approximate surface area is 227 Å². The summed E-state index contributed by atoms with van der Waals surface area (Å²) in [6.07, 6.45) is 11.5. The van der Waals surface area contributed by atoms with Gasteiger partial charge < -0.3 is 0 Å². The van der Waals surface area contributed by atoms with Gasteiger partial charge in [-0.05, 0) is 107 Å². The highest BCUT2D eigenvalue weighted by molar-refractivity contribution is 7.86. The first-order chi connectivity index (χ1) is 18.5. The van der Waals surface area contributed by atoms with Crippen molar-refractivity contribution >= 4 is 21.8 Å². The van der Waals surface area contributed by atoms with Gasteiger partial charge >= 0.3 is 0 Å². The van der Waals surface area contributed by atoms with Crippen LogP contribution in [0, 0.1) is 0 Å². The first-order valence-corrected chi connectivity index (χ1v) is 15.4. The summed E-state index contributed by atoms with van der Waals surface area (Å²) in [5.74, 6) is 0. The van der Waals surface area contributed by atoms with Crippen molar-refractivity contribution in [3.05, 3.63) is 65.9 Å². The number of rotatable bonds is 5. The number of nitrogens with zero attached hydrogens (tertiary/aromatic N) is 3. The molecule has 0 amide bonds. The van der Waals surface area contributed by atoms with Gasteiger partial charge in [0.05, 0.1) is 16.5 Å². The predicted molar refractivity (Wildman–Crippen MR) is 155 cm³/mol. The third-order valence-corrected chi connectivity index (χ3v) is 11.1. The number of H-pyrrole nitrogens is 1. The molecule has 1 N–H and O–H groups in total. The summed E-state index contributed by atoms with van der Waals surface area (Å²) in [6, 6.07) is 18.0. The molecule has 3 atom stereocenters. The Morgan fingerprint density at radius 1 is 0.947 bits per heavy atom. The molecule has 2 aliphatic carbocycles. The molecule has 5 nitrogen and oxygen atoms in total. The van der Waals surface area contributed by atoms with Gasteiger partial charge in [0, 0.05) is 44.4 Å². The third kappa shape index (κ3) is 4.32. The van der Waals surface area contributed by atoms with Crippen molar-refractivity contribution in [1.82, 2.24) is 20.1 Å². The van der Waals surface area contributed by atoms with Crippen molar-refractivity contribution < 1.29 is 4.21 Å². The maximum atomic E-state index is 12.5. The molecule has 3 heterocycles. The number of fused-ring (bicyclic) bond motifs is 2. The smallest absolute Gasteiger partial charge is 0.181 e. The number of hydrogen-bond acceptors (Lipinski definition) is 4. The van der Waals surface area contributed by atoms with Crippen molar-refractivity contribution in [2.24, 2.45) is 0 Å². The Morgan fingerprint density at radius 3 is 2.45 bits per heavy atom. The first-order valence-electron chi connectivity index (χ1n) is 14.2. The Bertz CT molecular complexity index is 1520. The lowest BCUT2D eigenvalue weighted by molar-refractivity contribution is 0.0821. The maximum Gasteiger partial charge on any atom is 0.181 e. The van der Waals surface area contributed by atoms with Crippen LogP contribution in [0.2, 0.25) is 0 Å². The van der Waals surface area contributed by atoms with E-state index in [1.54, 1.807) is 0 Å². The molecular weight excluding hydrogens is 488 g/mol. The molecule has 6 heteroatoms. The second kappa shape index (κ2) is 9.42. The van der Waals surface area contributed by atoms with E-state index < -0.39 is 10.8 Å². The van der Waals surface area contributed by atoms with E-state index in [0.29, 0.717) is 16.8 Å². The van der Waals surface area contributed by atoms with Crippen LogP contribution in [0.3, 0.4) is 0 Å². The van der Waals surface area contributed by atoms with Gasteiger partial charge in [0.15, 0.2) is 5.65 Å². The summed E-state index contributed by atoms with van der Waals surface area (Å²) in [5, 5.41) is 9.03. The second-order valence-electron chi connectivity index (χ2n) is 11.9. The molecule has 1 saturated heterocycles. The Balaban J connectivity index is 1.17. The fraction of sp³-hybridized carbons (Fsp3) is 0.438.